The number of aliphatic hydroxyl groups excluding tert-OH is 4. The molecule has 0 saturated carbocycles. The summed E-state index contributed by atoms with van der Waals surface area (Å²) in [4.78, 5) is 5.38. The second-order valence-corrected chi connectivity index (χ2v) is 8.83. The van der Waals surface area contributed by atoms with Crippen LogP contribution in [0.15, 0.2) is 35.5 Å². The standard InChI is InChI=1S/C17H22N2O10S2/c1-27-19-10(6-9-4-2-3-5-11(9)19)7-13(18-29-31(24,25)26)30-17-16(23)15(22)14(21)12(8-20)28-17/h2-6,12,14-17,20-23H,7-8H2,1H3,(H,24,25,26). The topological polar surface area (TPSA) is 180 Å². The van der Waals surface area contributed by atoms with Crippen LogP contribution in [0, 0.1) is 0 Å². The lowest BCUT2D eigenvalue weighted by Gasteiger charge is -2.39. The van der Waals surface area contributed by atoms with Gasteiger partial charge in [-0.3, -0.25) is 4.55 Å². The van der Waals surface area contributed by atoms with Crippen LogP contribution in [0.5, 0.6) is 0 Å². The smallest absolute Gasteiger partial charge is 0.417 e. The molecule has 1 aromatic heterocycles. The normalized spacial score (nSPS) is 27.4. The predicted octanol–water partition coefficient (Wildman–Crippen LogP) is -1.09. The van der Waals surface area contributed by atoms with Gasteiger partial charge in [-0.2, -0.15) is 13.1 Å². The van der Waals surface area contributed by atoms with Gasteiger partial charge in [0.05, 0.1) is 17.8 Å². The molecule has 0 amide bonds. The maximum Gasteiger partial charge on any atom is 0.466 e. The first kappa shape index (κ1) is 23.7. The van der Waals surface area contributed by atoms with E-state index in [4.69, 9.17) is 14.1 Å². The van der Waals surface area contributed by atoms with Crippen molar-refractivity contribution in [1.82, 2.24) is 4.73 Å². The van der Waals surface area contributed by atoms with Gasteiger partial charge in [0.2, 0.25) is 0 Å². The zero-order valence-corrected chi connectivity index (χ0v) is 17.8. The SMILES string of the molecule is COn1c(CC(=NOS(=O)(=O)O)SC2OC(CO)C(O)C(O)C2O)cc2ccccc21. The Morgan fingerprint density at radius 3 is 2.58 bits per heavy atom. The van der Waals surface area contributed by atoms with Gasteiger partial charge in [-0.1, -0.05) is 35.1 Å². The molecule has 2 heterocycles. The Balaban J connectivity index is 1.91. The Morgan fingerprint density at radius 2 is 1.94 bits per heavy atom. The van der Waals surface area contributed by atoms with Gasteiger partial charge in [-0.05, 0) is 12.1 Å². The maximum absolute atomic E-state index is 11.0. The molecule has 0 aliphatic carbocycles. The van der Waals surface area contributed by atoms with Crippen molar-refractivity contribution >= 4 is 38.1 Å². The average molecular weight is 479 g/mol. The summed E-state index contributed by atoms with van der Waals surface area (Å²) in [6.07, 6.45) is -6.01. The first-order chi connectivity index (χ1) is 14.6. The highest BCUT2D eigenvalue weighted by molar-refractivity contribution is 8.14. The second kappa shape index (κ2) is 9.70. The lowest BCUT2D eigenvalue weighted by atomic mass is 10.0. The highest BCUT2D eigenvalue weighted by Gasteiger charge is 2.44. The molecule has 0 bridgehead atoms. The molecule has 5 unspecified atom stereocenters. The Morgan fingerprint density at radius 1 is 1.23 bits per heavy atom. The van der Waals surface area contributed by atoms with E-state index in [0.29, 0.717) is 17.5 Å². The summed E-state index contributed by atoms with van der Waals surface area (Å²) in [6, 6.07) is 9.03. The molecule has 172 valence electrons. The lowest BCUT2D eigenvalue weighted by molar-refractivity contribution is -0.205. The highest BCUT2D eigenvalue weighted by Crippen LogP contribution is 2.31. The first-order valence-corrected chi connectivity index (χ1v) is 11.2. The van der Waals surface area contributed by atoms with E-state index in [2.05, 4.69) is 9.44 Å². The minimum atomic E-state index is -4.91. The third-order valence-corrected chi connectivity index (χ3v) is 5.96. The van der Waals surface area contributed by atoms with Crippen LogP contribution in [-0.4, -0.2) is 86.7 Å². The number of para-hydroxylation sites is 1. The monoisotopic (exact) mass is 478 g/mol. The fourth-order valence-electron chi connectivity index (χ4n) is 3.16. The summed E-state index contributed by atoms with van der Waals surface area (Å²) < 4.78 is 41.9. The van der Waals surface area contributed by atoms with E-state index in [1.165, 1.54) is 11.8 Å². The zero-order chi connectivity index (χ0) is 22.8. The molecule has 0 radical (unpaired) electrons. The second-order valence-electron chi connectivity index (χ2n) is 6.65. The summed E-state index contributed by atoms with van der Waals surface area (Å²) >= 11 is 0.689. The number of aliphatic hydroxyl groups is 4. The Kier molecular flexibility index (Phi) is 7.43. The molecular formula is C17H22N2O10S2. The van der Waals surface area contributed by atoms with Crippen LogP contribution in [0.2, 0.25) is 0 Å². The largest absolute Gasteiger partial charge is 0.466 e. The molecule has 3 rings (SSSR count). The molecule has 5 atom stereocenters. The number of fused-ring (bicyclic) bond motifs is 1. The molecule has 0 spiro atoms. The maximum atomic E-state index is 11.0. The summed E-state index contributed by atoms with van der Waals surface area (Å²) in [5.41, 5.74) is 0.0195. The lowest BCUT2D eigenvalue weighted by Crippen LogP contribution is -2.57. The van der Waals surface area contributed by atoms with E-state index >= 15 is 0 Å². The number of oxime groups is 1. The van der Waals surface area contributed by atoms with E-state index in [0.717, 1.165) is 10.9 Å². The molecule has 1 fully saturated rings. The van der Waals surface area contributed by atoms with Crippen molar-refractivity contribution in [2.75, 3.05) is 13.7 Å². The highest BCUT2D eigenvalue weighted by atomic mass is 32.3. The summed E-state index contributed by atoms with van der Waals surface area (Å²) in [5, 5.41) is 43.7. The van der Waals surface area contributed by atoms with Gasteiger partial charge in [0, 0.05) is 11.8 Å². The Hall–Kier alpha value is -1.91. The van der Waals surface area contributed by atoms with Gasteiger partial charge in [0.25, 0.3) is 0 Å². The van der Waals surface area contributed by atoms with Crippen molar-refractivity contribution in [1.29, 1.82) is 0 Å². The molecule has 5 N–H and O–H groups in total. The Bertz CT molecular complexity index is 1040. The molecule has 1 aromatic carbocycles. The molecule has 31 heavy (non-hydrogen) atoms. The average Bonchev–Trinajstić information content (AvgIpc) is 3.08. The molecule has 1 aliphatic rings. The number of hydrogen-bond donors (Lipinski definition) is 5. The van der Waals surface area contributed by atoms with Crippen molar-refractivity contribution in [2.24, 2.45) is 5.16 Å². The van der Waals surface area contributed by atoms with Crippen LogP contribution >= 0.6 is 11.8 Å². The number of aromatic nitrogens is 1. The van der Waals surface area contributed by atoms with E-state index in [9.17, 15) is 28.8 Å². The molecule has 14 heteroatoms. The van der Waals surface area contributed by atoms with Crippen molar-refractivity contribution in [3.05, 3.63) is 36.0 Å². The fourth-order valence-corrected chi connectivity index (χ4v) is 4.47. The van der Waals surface area contributed by atoms with Crippen LogP contribution in [0.1, 0.15) is 5.69 Å². The first-order valence-electron chi connectivity index (χ1n) is 8.98. The van der Waals surface area contributed by atoms with Crippen molar-refractivity contribution in [3.8, 4) is 0 Å². The predicted molar refractivity (Wildman–Crippen MR) is 110 cm³/mol. The third kappa shape index (κ3) is 5.48. The molecular weight excluding hydrogens is 456 g/mol. The number of thioether (sulfide) groups is 1. The summed E-state index contributed by atoms with van der Waals surface area (Å²) in [6.45, 7) is -0.631. The van der Waals surface area contributed by atoms with Gasteiger partial charge < -0.3 is 30.0 Å². The zero-order valence-electron chi connectivity index (χ0n) is 16.2. The number of hydrogen-bond acceptors (Lipinski definition) is 11. The minimum Gasteiger partial charge on any atom is -0.417 e. The van der Waals surface area contributed by atoms with E-state index < -0.39 is 46.9 Å². The summed E-state index contributed by atoms with van der Waals surface area (Å²) in [7, 11) is -3.48. The quantitative estimate of drug-likeness (QED) is 0.141. The molecule has 1 saturated heterocycles. The Labute approximate surface area is 181 Å². The molecule has 12 nitrogen and oxygen atoms in total. The van der Waals surface area contributed by atoms with Crippen molar-refractivity contribution in [2.45, 2.75) is 36.3 Å². The van der Waals surface area contributed by atoms with Crippen LogP contribution in [0.25, 0.3) is 10.9 Å². The minimum absolute atomic E-state index is 0.0666. The molecule has 1 aliphatic heterocycles. The summed E-state index contributed by atoms with van der Waals surface area (Å²) in [5.74, 6) is 0. The van der Waals surface area contributed by atoms with Crippen LogP contribution in [0.4, 0.5) is 0 Å². The van der Waals surface area contributed by atoms with Crippen LogP contribution in [-0.2, 0) is 25.8 Å². The van der Waals surface area contributed by atoms with Crippen molar-refractivity contribution < 1.29 is 47.3 Å². The van der Waals surface area contributed by atoms with Crippen LogP contribution in [0.3, 0.4) is 0 Å². The van der Waals surface area contributed by atoms with Crippen LogP contribution < -0.4 is 4.84 Å². The van der Waals surface area contributed by atoms with E-state index in [1.54, 1.807) is 18.2 Å². The molecule has 2 aromatic rings. The van der Waals surface area contributed by atoms with Gasteiger partial charge in [-0.25, -0.2) is 4.28 Å². The van der Waals surface area contributed by atoms with Gasteiger partial charge in [0.15, 0.2) is 0 Å². The van der Waals surface area contributed by atoms with Gasteiger partial charge >= 0.3 is 10.4 Å². The fraction of sp³-hybridized carbons (Fsp3) is 0.471. The number of rotatable bonds is 7. The van der Waals surface area contributed by atoms with Crippen molar-refractivity contribution in [3.63, 3.8) is 0 Å². The van der Waals surface area contributed by atoms with Gasteiger partial charge in [0.1, 0.15) is 42.0 Å². The van der Waals surface area contributed by atoms with E-state index in [1.807, 2.05) is 12.1 Å². The van der Waals surface area contributed by atoms with E-state index in [-0.39, 0.29) is 11.5 Å². The number of ether oxygens (including phenoxy) is 1. The third-order valence-electron chi connectivity index (χ3n) is 4.59. The number of benzene rings is 1. The van der Waals surface area contributed by atoms with Gasteiger partial charge in [-0.15, -0.1) is 0 Å². The number of nitrogens with zero attached hydrogens (tertiary/aromatic N) is 2.